The Balaban J connectivity index is 1.61. The zero-order valence-electron chi connectivity index (χ0n) is 17.3. The van der Waals surface area contributed by atoms with Crippen molar-refractivity contribution in [2.45, 2.75) is 45.6 Å². The molecule has 29 heavy (non-hydrogen) atoms. The Morgan fingerprint density at radius 2 is 2.00 bits per heavy atom. The number of carbonyl (C=O) groups excluding carboxylic acids is 3. The third-order valence-electron chi connectivity index (χ3n) is 4.84. The van der Waals surface area contributed by atoms with Gasteiger partial charge in [0.25, 0.3) is 5.91 Å². The van der Waals surface area contributed by atoms with Crippen molar-refractivity contribution in [2.75, 3.05) is 25.0 Å². The van der Waals surface area contributed by atoms with Gasteiger partial charge in [-0.3, -0.25) is 19.8 Å². The summed E-state index contributed by atoms with van der Waals surface area (Å²) in [4.78, 5) is 47.6. The van der Waals surface area contributed by atoms with Crippen LogP contribution in [-0.4, -0.2) is 58.5 Å². The number of likely N-dealkylation sites (N-methyl/N-ethyl adjacent to an activating group) is 1. The van der Waals surface area contributed by atoms with Gasteiger partial charge in [0, 0.05) is 32.8 Å². The van der Waals surface area contributed by atoms with Crippen LogP contribution in [0.25, 0.3) is 6.08 Å². The molecule has 0 saturated carbocycles. The molecule has 0 radical (unpaired) electrons. The molecule has 3 heterocycles. The van der Waals surface area contributed by atoms with Crippen LogP contribution >= 0.6 is 0 Å². The monoisotopic (exact) mass is 401 g/mol. The van der Waals surface area contributed by atoms with Crippen molar-refractivity contribution in [3.63, 3.8) is 0 Å². The maximum Gasteiger partial charge on any atom is 0.328 e. The van der Waals surface area contributed by atoms with E-state index >= 15 is 0 Å². The first kappa shape index (κ1) is 20.8. The number of carbonyl (C=O) groups is 3. The number of aromatic nitrogens is 2. The zero-order chi connectivity index (χ0) is 21.2. The molecule has 2 aliphatic heterocycles. The minimum absolute atomic E-state index is 0.158. The number of hydrogen-bond acceptors (Lipinski definition) is 7. The number of nitrogens with one attached hydrogen (secondary N) is 1. The number of urea groups is 1. The quantitative estimate of drug-likeness (QED) is 0.467. The molecule has 0 atom stereocenters. The van der Waals surface area contributed by atoms with E-state index in [1.54, 1.807) is 18.3 Å². The number of piperidine rings is 1. The van der Waals surface area contributed by atoms with Crippen molar-refractivity contribution in [3.8, 4) is 0 Å². The lowest BCUT2D eigenvalue weighted by Gasteiger charge is -2.32. The number of hydrogen-bond donors (Lipinski definition) is 1. The van der Waals surface area contributed by atoms with Crippen molar-refractivity contribution in [1.82, 2.24) is 20.2 Å². The second-order valence-corrected chi connectivity index (χ2v) is 8.35. The smallest absolute Gasteiger partial charge is 0.328 e. The lowest BCUT2D eigenvalue weighted by molar-refractivity contribution is -0.156. The van der Waals surface area contributed by atoms with Crippen LogP contribution in [0.4, 0.5) is 10.7 Å². The molecular formula is C20H27N5O4. The van der Waals surface area contributed by atoms with Gasteiger partial charge in [-0.15, -0.1) is 0 Å². The van der Waals surface area contributed by atoms with E-state index in [1.165, 1.54) is 11.9 Å². The van der Waals surface area contributed by atoms with E-state index < -0.39 is 17.5 Å². The van der Waals surface area contributed by atoms with Crippen molar-refractivity contribution >= 4 is 29.9 Å². The Morgan fingerprint density at radius 1 is 1.31 bits per heavy atom. The minimum Gasteiger partial charge on any atom is -0.460 e. The summed E-state index contributed by atoms with van der Waals surface area (Å²) in [6.45, 7) is 7.10. The normalized spacial score (nSPS) is 19.7. The average molecular weight is 401 g/mol. The lowest BCUT2D eigenvalue weighted by Crippen LogP contribution is -2.36. The van der Waals surface area contributed by atoms with Gasteiger partial charge < -0.3 is 9.64 Å². The van der Waals surface area contributed by atoms with Gasteiger partial charge >= 0.3 is 12.0 Å². The first-order valence-electron chi connectivity index (χ1n) is 9.73. The van der Waals surface area contributed by atoms with E-state index in [-0.39, 0.29) is 17.6 Å². The van der Waals surface area contributed by atoms with Crippen LogP contribution in [0.15, 0.2) is 18.0 Å². The molecule has 0 aliphatic carbocycles. The van der Waals surface area contributed by atoms with Crippen LogP contribution in [0, 0.1) is 5.92 Å². The molecule has 3 amide bonds. The van der Waals surface area contributed by atoms with Crippen LogP contribution in [0.3, 0.4) is 0 Å². The maximum atomic E-state index is 12.0. The Kier molecular flexibility index (Phi) is 5.86. The summed E-state index contributed by atoms with van der Waals surface area (Å²) < 4.78 is 5.41. The molecule has 9 heteroatoms. The number of amides is 3. The minimum atomic E-state index is -0.463. The molecule has 2 saturated heterocycles. The predicted octanol–water partition coefficient (Wildman–Crippen LogP) is 1.95. The summed E-state index contributed by atoms with van der Waals surface area (Å²) in [5, 5.41) is 2.24. The highest BCUT2D eigenvalue weighted by atomic mass is 16.6. The lowest BCUT2D eigenvalue weighted by atomic mass is 9.93. The number of anilines is 1. The number of rotatable bonds is 4. The van der Waals surface area contributed by atoms with E-state index in [2.05, 4.69) is 20.2 Å². The van der Waals surface area contributed by atoms with E-state index in [0.29, 0.717) is 18.1 Å². The second-order valence-electron chi connectivity index (χ2n) is 8.35. The predicted molar refractivity (Wildman–Crippen MR) is 107 cm³/mol. The largest absolute Gasteiger partial charge is 0.460 e. The fourth-order valence-corrected chi connectivity index (χ4v) is 3.36. The molecule has 156 valence electrons. The van der Waals surface area contributed by atoms with Gasteiger partial charge in [0.2, 0.25) is 5.95 Å². The van der Waals surface area contributed by atoms with Crippen molar-refractivity contribution < 1.29 is 19.1 Å². The average Bonchev–Trinajstić information content (AvgIpc) is 2.87. The van der Waals surface area contributed by atoms with Gasteiger partial charge in [-0.2, -0.15) is 0 Å². The fraction of sp³-hybridized carbons (Fsp3) is 0.550. The molecule has 1 aromatic heterocycles. The summed E-state index contributed by atoms with van der Waals surface area (Å²) in [5.41, 5.74) is 0.337. The zero-order valence-corrected chi connectivity index (χ0v) is 17.3. The number of nitrogens with zero attached hydrogens (tertiary/aromatic N) is 4. The van der Waals surface area contributed by atoms with Gasteiger partial charge in [0.05, 0.1) is 5.69 Å². The van der Waals surface area contributed by atoms with Crippen molar-refractivity contribution in [3.05, 3.63) is 23.7 Å². The van der Waals surface area contributed by atoms with Crippen LogP contribution in [0.2, 0.25) is 0 Å². The molecular weight excluding hydrogens is 374 g/mol. The summed E-state index contributed by atoms with van der Waals surface area (Å²) in [5.74, 6) is 0.255. The molecule has 2 fully saturated rings. The molecule has 0 spiro atoms. The van der Waals surface area contributed by atoms with Crippen molar-refractivity contribution in [2.24, 2.45) is 5.92 Å². The molecule has 0 unspecified atom stereocenters. The van der Waals surface area contributed by atoms with E-state index in [9.17, 15) is 14.4 Å². The third kappa shape index (κ3) is 5.30. The van der Waals surface area contributed by atoms with Crippen LogP contribution < -0.4 is 10.2 Å². The Hall–Kier alpha value is -2.97. The molecule has 2 aliphatic rings. The van der Waals surface area contributed by atoms with Crippen molar-refractivity contribution in [1.29, 1.82) is 0 Å². The molecule has 0 bridgehead atoms. The van der Waals surface area contributed by atoms with Gasteiger partial charge in [0.15, 0.2) is 0 Å². The van der Waals surface area contributed by atoms with E-state index in [4.69, 9.17) is 4.74 Å². The number of esters is 1. The van der Waals surface area contributed by atoms with Gasteiger partial charge in [-0.05, 0) is 51.7 Å². The summed E-state index contributed by atoms with van der Waals surface area (Å²) in [6, 6.07) is 1.23. The summed E-state index contributed by atoms with van der Waals surface area (Å²) in [7, 11) is 1.53. The van der Waals surface area contributed by atoms with Crippen LogP contribution in [0.1, 0.15) is 45.7 Å². The maximum absolute atomic E-state index is 12.0. The Labute approximate surface area is 170 Å². The first-order chi connectivity index (χ1) is 13.6. The molecule has 1 N–H and O–H groups in total. The molecule has 0 aromatic carbocycles. The third-order valence-corrected chi connectivity index (χ3v) is 4.84. The van der Waals surface area contributed by atoms with Crippen LogP contribution in [-0.2, 0) is 14.3 Å². The molecule has 9 nitrogen and oxygen atoms in total. The Morgan fingerprint density at radius 3 is 2.59 bits per heavy atom. The topological polar surface area (TPSA) is 105 Å². The highest BCUT2D eigenvalue weighted by Crippen LogP contribution is 2.25. The standard InChI is InChI=1S/C20H27N5O4/c1-20(2,3)29-16(26)11-13-6-9-25(10-7-13)18-21-8-5-14(22-18)12-15-17(27)23-19(28)24(15)4/h5,8,12-13H,6-7,9-11H2,1-4H3,(H,23,27,28)/b15-12-. The highest BCUT2D eigenvalue weighted by Gasteiger charge is 2.30. The second kappa shape index (κ2) is 8.18. The number of imide groups is 1. The number of ether oxygens (including phenoxy) is 1. The summed E-state index contributed by atoms with van der Waals surface area (Å²) in [6.07, 6.45) is 5.34. The van der Waals surface area contributed by atoms with Gasteiger partial charge in [-0.25, -0.2) is 14.8 Å². The summed E-state index contributed by atoms with van der Waals surface area (Å²) >= 11 is 0. The highest BCUT2D eigenvalue weighted by molar-refractivity contribution is 6.13. The first-order valence-corrected chi connectivity index (χ1v) is 9.73. The van der Waals surface area contributed by atoms with E-state index in [1.807, 2.05) is 20.8 Å². The molecule has 1 aromatic rings. The van der Waals surface area contributed by atoms with Gasteiger partial charge in [0.1, 0.15) is 11.3 Å². The SMILES string of the molecule is CN1C(=O)NC(=O)/C1=C/c1ccnc(N2CCC(CC(=O)OC(C)(C)C)CC2)n1. The fourth-order valence-electron chi connectivity index (χ4n) is 3.36. The molecule has 3 rings (SSSR count). The Bertz CT molecular complexity index is 838. The van der Waals surface area contributed by atoms with E-state index in [0.717, 1.165) is 25.9 Å². The van der Waals surface area contributed by atoms with Crippen LogP contribution in [0.5, 0.6) is 0 Å². The van der Waals surface area contributed by atoms with Gasteiger partial charge in [-0.1, -0.05) is 0 Å².